The number of aryl methyl sites for hydroxylation is 1. The van der Waals surface area contributed by atoms with Crippen molar-refractivity contribution in [2.75, 3.05) is 0 Å². The molecule has 2 N–H and O–H groups in total. The second-order valence-corrected chi connectivity index (χ2v) is 7.85. The topological polar surface area (TPSA) is 105 Å². The molecule has 0 spiro atoms. The molecule has 8 heteroatoms. The standard InChI is InChI=1S/C25H22FN3O4/c26-19-12-10-18(11-13-19)17-8-5-16(6-9-17)7-14-23(30)21(25(32)33)15-29-24(31)20-3-1-2-4-22(20)27-28-29/h1-6,8-13,21,23,30H,7,14-15H2,(H,32,33). The second-order valence-electron chi connectivity index (χ2n) is 7.85. The Balaban J connectivity index is 1.43. The van der Waals surface area contributed by atoms with Gasteiger partial charge in [0.2, 0.25) is 0 Å². The fraction of sp³-hybridized carbons (Fsp3) is 0.200. The number of fused-ring (bicyclic) bond motifs is 1. The van der Waals surface area contributed by atoms with Gasteiger partial charge in [-0.2, -0.15) is 0 Å². The van der Waals surface area contributed by atoms with Gasteiger partial charge >= 0.3 is 5.97 Å². The minimum absolute atomic E-state index is 0.197. The molecule has 0 aliphatic rings. The van der Waals surface area contributed by atoms with Gasteiger partial charge < -0.3 is 10.2 Å². The van der Waals surface area contributed by atoms with Crippen molar-refractivity contribution in [1.82, 2.24) is 15.0 Å². The van der Waals surface area contributed by atoms with Crippen molar-refractivity contribution in [3.8, 4) is 11.1 Å². The zero-order valence-corrected chi connectivity index (χ0v) is 17.6. The van der Waals surface area contributed by atoms with Gasteiger partial charge in [0, 0.05) is 0 Å². The normalized spacial score (nSPS) is 13.0. The molecular weight excluding hydrogens is 425 g/mol. The lowest BCUT2D eigenvalue weighted by molar-refractivity contribution is -0.146. The number of carbonyl (C=O) groups is 1. The van der Waals surface area contributed by atoms with E-state index in [1.54, 1.807) is 36.4 Å². The highest BCUT2D eigenvalue weighted by atomic mass is 19.1. The van der Waals surface area contributed by atoms with Crippen LogP contribution in [0.2, 0.25) is 0 Å². The van der Waals surface area contributed by atoms with Gasteiger partial charge in [0.05, 0.1) is 18.0 Å². The van der Waals surface area contributed by atoms with E-state index in [1.807, 2.05) is 24.3 Å². The van der Waals surface area contributed by atoms with Crippen LogP contribution in [-0.2, 0) is 17.8 Å². The van der Waals surface area contributed by atoms with Crippen molar-refractivity contribution in [2.45, 2.75) is 25.5 Å². The molecule has 1 heterocycles. The molecule has 7 nitrogen and oxygen atoms in total. The van der Waals surface area contributed by atoms with Crippen molar-refractivity contribution >= 4 is 16.9 Å². The van der Waals surface area contributed by atoms with Gasteiger partial charge in [-0.05, 0) is 53.8 Å². The number of benzene rings is 3. The van der Waals surface area contributed by atoms with E-state index < -0.39 is 23.6 Å². The minimum atomic E-state index is -1.21. The number of halogens is 1. The summed E-state index contributed by atoms with van der Waals surface area (Å²) >= 11 is 0. The maximum absolute atomic E-state index is 13.1. The molecule has 0 radical (unpaired) electrons. The molecule has 33 heavy (non-hydrogen) atoms. The second kappa shape index (κ2) is 9.70. The number of aliphatic hydroxyl groups is 1. The molecule has 0 aliphatic heterocycles. The van der Waals surface area contributed by atoms with Crippen LogP contribution in [0.4, 0.5) is 4.39 Å². The minimum Gasteiger partial charge on any atom is -0.481 e. The number of carboxylic acid groups (broad SMARTS) is 1. The molecule has 3 aromatic carbocycles. The Morgan fingerprint density at radius 1 is 0.970 bits per heavy atom. The zero-order valence-electron chi connectivity index (χ0n) is 17.6. The largest absolute Gasteiger partial charge is 0.481 e. The summed E-state index contributed by atoms with van der Waals surface area (Å²) in [6, 6.07) is 20.4. The van der Waals surface area contributed by atoms with Crippen LogP contribution in [-0.4, -0.2) is 37.3 Å². The number of aromatic nitrogens is 3. The molecule has 4 aromatic rings. The first-order valence-electron chi connectivity index (χ1n) is 10.5. The highest BCUT2D eigenvalue weighted by molar-refractivity contribution is 5.76. The summed E-state index contributed by atoms with van der Waals surface area (Å²) in [5, 5.41) is 28.4. The van der Waals surface area contributed by atoms with Gasteiger partial charge in [0.25, 0.3) is 5.56 Å². The highest BCUT2D eigenvalue weighted by Crippen LogP contribution is 2.21. The predicted octanol–water partition coefficient (Wildman–Crippen LogP) is 3.29. The quantitative estimate of drug-likeness (QED) is 0.429. The lowest BCUT2D eigenvalue weighted by Crippen LogP contribution is -2.37. The van der Waals surface area contributed by atoms with Gasteiger partial charge in [-0.25, -0.2) is 9.07 Å². The Hall–Kier alpha value is -3.91. The Morgan fingerprint density at radius 3 is 2.27 bits per heavy atom. The fourth-order valence-electron chi connectivity index (χ4n) is 3.72. The maximum atomic E-state index is 13.1. The lowest BCUT2D eigenvalue weighted by Gasteiger charge is -2.19. The Kier molecular flexibility index (Phi) is 6.55. The van der Waals surface area contributed by atoms with Crippen LogP contribution < -0.4 is 5.56 Å². The third-order valence-electron chi connectivity index (χ3n) is 5.64. The van der Waals surface area contributed by atoms with Gasteiger partial charge in [0.1, 0.15) is 17.3 Å². The van der Waals surface area contributed by atoms with Crippen LogP contribution in [0.15, 0.2) is 77.6 Å². The smallest absolute Gasteiger partial charge is 0.311 e. The van der Waals surface area contributed by atoms with E-state index in [4.69, 9.17) is 0 Å². The van der Waals surface area contributed by atoms with E-state index in [-0.39, 0.29) is 18.8 Å². The van der Waals surface area contributed by atoms with Crippen LogP contribution in [0, 0.1) is 11.7 Å². The van der Waals surface area contributed by atoms with Crippen molar-refractivity contribution < 1.29 is 19.4 Å². The SMILES string of the molecule is O=C(O)C(Cn1nnc2ccccc2c1=O)C(O)CCc1ccc(-c2ccc(F)cc2)cc1. The van der Waals surface area contributed by atoms with E-state index in [2.05, 4.69) is 10.3 Å². The predicted molar refractivity (Wildman–Crippen MR) is 121 cm³/mol. The summed E-state index contributed by atoms with van der Waals surface area (Å²) in [7, 11) is 0. The number of nitrogens with zero attached hydrogens (tertiary/aromatic N) is 3. The first kappa shape index (κ1) is 22.3. The van der Waals surface area contributed by atoms with Crippen molar-refractivity contribution in [3.63, 3.8) is 0 Å². The first-order chi connectivity index (χ1) is 15.9. The molecule has 0 amide bonds. The van der Waals surface area contributed by atoms with E-state index in [1.165, 1.54) is 12.1 Å². The molecule has 0 fully saturated rings. The number of aliphatic carboxylic acids is 1. The Bertz CT molecular complexity index is 1320. The molecule has 0 bridgehead atoms. The summed E-state index contributed by atoms with van der Waals surface area (Å²) in [6.07, 6.45) is -0.533. The van der Waals surface area contributed by atoms with Crippen LogP contribution in [0.25, 0.3) is 22.0 Å². The Morgan fingerprint density at radius 2 is 1.61 bits per heavy atom. The summed E-state index contributed by atoms with van der Waals surface area (Å²) in [5.41, 5.74) is 2.71. The molecule has 1 aromatic heterocycles. The van der Waals surface area contributed by atoms with Gasteiger partial charge in [0.15, 0.2) is 0 Å². The van der Waals surface area contributed by atoms with Gasteiger partial charge in [-0.15, -0.1) is 5.10 Å². The molecule has 2 atom stereocenters. The van der Waals surface area contributed by atoms with Crippen LogP contribution in [0.5, 0.6) is 0 Å². The zero-order chi connectivity index (χ0) is 23.4. The average molecular weight is 447 g/mol. The van der Waals surface area contributed by atoms with E-state index in [0.717, 1.165) is 21.4 Å². The van der Waals surface area contributed by atoms with Crippen LogP contribution in [0.1, 0.15) is 12.0 Å². The van der Waals surface area contributed by atoms with Crippen molar-refractivity contribution in [2.24, 2.45) is 5.92 Å². The molecule has 0 saturated carbocycles. The number of hydrogen-bond donors (Lipinski definition) is 2. The number of hydrogen-bond acceptors (Lipinski definition) is 5. The van der Waals surface area contributed by atoms with E-state index in [9.17, 15) is 24.2 Å². The summed E-state index contributed by atoms with van der Waals surface area (Å²) in [6.45, 7) is -0.281. The third-order valence-corrected chi connectivity index (χ3v) is 5.64. The average Bonchev–Trinajstić information content (AvgIpc) is 2.83. The van der Waals surface area contributed by atoms with Crippen molar-refractivity contribution in [3.05, 3.63) is 94.5 Å². The van der Waals surface area contributed by atoms with Crippen LogP contribution >= 0.6 is 0 Å². The molecule has 168 valence electrons. The number of aliphatic hydroxyl groups excluding tert-OH is 1. The molecule has 0 saturated heterocycles. The number of rotatable bonds is 8. The monoisotopic (exact) mass is 447 g/mol. The van der Waals surface area contributed by atoms with E-state index >= 15 is 0 Å². The summed E-state index contributed by atoms with van der Waals surface area (Å²) in [4.78, 5) is 24.4. The van der Waals surface area contributed by atoms with Crippen LogP contribution in [0.3, 0.4) is 0 Å². The summed E-state index contributed by atoms with van der Waals surface area (Å²) < 4.78 is 14.1. The first-order valence-corrected chi connectivity index (χ1v) is 10.5. The van der Waals surface area contributed by atoms with Gasteiger partial charge in [-0.3, -0.25) is 9.59 Å². The number of carboxylic acids is 1. The third kappa shape index (κ3) is 5.12. The lowest BCUT2D eigenvalue weighted by atomic mass is 9.95. The highest BCUT2D eigenvalue weighted by Gasteiger charge is 2.28. The molecular formula is C25H22FN3O4. The molecule has 4 rings (SSSR count). The molecule has 0 aliphatic carbocycles. The van der Waals surface area contributed by atoms with Crippen molar-refractivity contribution in [1.29, 1.82) is 0 Å². The van der Waals surface area contributed by atoms with Gasteiger partial charge in [-0.1, -0.05) is 53.7 Å². The molecule has 2 unspecified atom stereocenters. The maximum Gasteiger partial charge on any atom is 0.311 e. The summed E-state index contributed by atoms with van der Waals surface area (Å²) in [5.74, 6) is -2.72. The Labute approximate surface area is 188 Å². The fourth-order valence-corrected chi connectivity index (χ4v) is 3.72. The van der Waals surface area contributed by atoms with E-state index in [0.29, 0.717) is 17.3 Å².